The Hall–Kier alpha value is -2.30. The maximum Gasteiger partial charge on any atom is 0.339 e. The molecule has 21 heavy (non-hydrogen) atoms. The van der Waals surface area contributed by atoms with Crippen LogP contribution >= 0.6 is 0 Å². The molecule has 0 aliphatic carbocycles. The summed E-state index contributed by atoms with van der Waals surface area (Å²) in [4.78, 5) is 22.3. The van der Waals surface area contributed by atoms with Crippen LogP contribution in [-0.2, 0) is 4.79 Å². The molecule has 0 radical (unpaired) electrons. The fourth-order valence-electron chi connectivity index (χ4n) is 1.72. The molecule has 0 aliphatic rings. The normalized spacial score (nSPS) is 9.95. The average Bonchev–Trinajstić information content (AvgIpc) is 2.46. The molecule has 5 heteroatoms. The monoisotopic (exact) mass is 292 g/mol. The Bertz CT molecular complexity index is 507. The maximum absolute atomic E-state index is 11.2. The lowest BCUT2D eigenvalue weighted by Crippen LogP contribution is -2.08. The van der Waals surface area contributed by atoms with Crippen LogP contribution in [0.1, 0.15) is 43.0 Å². The Labute approximate surface area is 124 Å². The molecule has 0 aliphatic heterocycles. The lowest BCUT2D eigenvalue weighted by Gasteiger charge is -2.10. The van der Waals surface area contributed by atoms with Crippen LogP contribution in [0.5, 0.6) is 11.5 Å². The first-order valence-corrected chi connectivity index (χ1v) is 6.92. The smallest absolute Gasteiger partial charge is 0.339 e. The molecule has 114 valence electrons. The Kier molecular flexibility index (Phi) is 7.01. The highest BCUT2D eigenvalue weighted by atomic mass is 16.5. The van der Waals surface area contributed by atoms with Gasteiger partial charge in [-0.15, -0.1) is 0 Å². The van der Waals surface area contributed by atoms with Crippen molar-refractivity contribution >= 4 is 11.9 Å². The Morgan fingerprint density at radius 2 is 2.05 bits per heavy atom. The van der Waals surface area contributed by atoms with Gasteiger partial charge in [0.2, 0.25) is 0 Å². The molecule has 0 saturated heterocycles. The minimum Gasteiger partial charge on any atom is -0.493 e. The number of esters is 1. The highest BCUT2D eigenvalue weighted by Gasteiger charge is 2.14. The van der Waals surface area contributed by atoms with Crippen LogP contribution in [0.4, 0.5) is 0 Å². The van der Waals surface area contributed by atoms with Gasteiger partial charge in [0.05, 0.1) is 6.61 Å². The SMILES string of the molecule is C=CC(=O)Oc1cc(OCCCCCC)ccc1C(=O)O. The fraction of sp³-hybridized carbons (Fsp3) is 0.375. The van der Waals surface area contributed by atoms with E-state index in [1.807, 2.05) is 0 Å². The van der Waals surface area contributed by atoms with Crippen molar-refractivity contribution in [1.82, 2.24) is 0 Å². The van der Waals surface area contributed by atoms with Crippen molar-refractivity contribution in [2.75, 3.05) is 6.61 Å². The van der Waals surface area contributed by atoms with Crippen LogP contribution in [0.25, 0.3) is 0 Å². The predicted octanol–water partition coefficient (Wildman–Crippen LogP) is 3.44. The molecule has 5 nitrogen and oxygen atoms in total. The van der Waals surface area contributed by atoms with Crippen molar-refractivity contribution in [3.05, 3.63) is 36.4 Å². The van der Waals surface area contributed by atoms with E-state index in [0.717, 1.165) is 31.8 Å². The van der Waals surface area contributed by atoms with Gasteiger partial charge in [0.25, 0.3) is 0 Å². The molecule has 0 spiro atoms. The molecule has 0 unspecified atom stereocenters. The minimum atomic E-state index is -1.17. The minimum absolute atomic E-state index is 0.0431. The molecular formula is C16H20O5. The molecular weight excluding hydrogens is 272 g/mol. The van der Waals surface area contributed by atoms with E-state index in [1.165, 1.54) is 12.1 Å². The first kappa shape index (κ1) is 16.8. The number of carbonyl (C=O) groups is 2. The summed E-state index contributed by atoms with van der Waals surface area (Å²) in [6, 6.07) is 4.31. The Morgan fingerprint density at radius 3 is 2.67 bits per heavy atom. The van der Waals surface area contributed by atoms with Crippen molar-refractivity contribution in [2.24, 2.45) is 0 Å². The van der Waals surface area contributed by atoms with E-state index >= 15 is 0 Å². The molecule has 0 fully saturated rings. The standard InChI is InChI=1S/C16H20O5/c1-3-5-6-7-10-20-12-8-9-13(16(18)19)14(11-12)21-15(17)4-2/h4,8-9,11H,2-3,5-7,10H2,1H3,(H,18,19). The molecule has 0 bridgehead atoms. The number of unbranched alkanes of at least 4 members (excludes halogenated alkanes) is 3. The molecule has 1 rings (SSSR count). The molecule has 0 aromatic heterocycles. The van der Waals surface area contributed by atoms with Crippen molar-refractivity contribution in [3.8, 4) is 11.5 Å². The number of benzene rings is 1. The number of ether oxygens (including phenoxy) is 2. The quantitative estimate of drug-likeness (QED) is 0.327. The van der Waals surface area contributed by atoms with Gasteiger partial charge in [0.15, 0.2) is 0 Å². The first-order chi connectivity index (χ1) is 10.1. The number of carbonyl (C=O) groups excluding carboxylic acids is 1. The van der Waals surface area contributed by atoms with E-state index in [-0.39, 0.29) is 11.3 Å². The summed E-state index contributed by atoms with van der Waals surface area (Å²) in [5.41, 5.74) is -0.0940. The second kappa shape index (κ2) is 8.79. The lowest BCUT2D eigenvalue weighted by atomic mass is 10.2. The number of hydrogen-bond donors (Lipinski definition) is 1. The summed E-state index contributed by atoms with van der Waals surface area (Å²) in [7, 11) is 0. The van der Waals surface area contributed by atoms with Crippen molar-refractivity contribution in [2.45, 2.75) is 32.6 Å². The largest absolute Gasteiger partial charge is 0.493 e. The lowest BCUT2D eigenvalue weighted by molar-refractivity contribution is -0.128. The van der Waals surface area contributed by atoms with E-state index in [4.69, 9.17) is 14.6 Å². The first-order valence-electron chi connectivity index (χ1n) is 6.92. The van der Waals surface area contributed by atoms with Gasteiger partial charge >= 0.3 is 11.9 Å². The molecule has 1 aromatic carbocycles. The van der Waals surface area contributed by atoms with E-state index in [2.05, 4.69) is 13.5 Å². The maximum atomic E-state index is 11.2. The van der Waals surface area contributed by atoms with Gasteiger partial charge in [-0.3, -0.25) is 0 Å². The van der Waals surface area contributed by atoms with E-state index < -0.39 is 11.9 Å². The highest BCUT2D eigenvalue weighted by molar-refractivity contribution is 5.93. The topological polar surface area (TPSA) is 72.8 Å². The molecule has 0 saturated carbocycles. The zero-order valence-electron chi connectivity index (χ0n) is 12.1. The van der Waals surface area contributed by atoms with Gasteiger partial charge in [-0.2, -0.15) is 0 Å². The summed E-state index contributed by atoms with van der Waals surface area (Å²) < 4.78 is 10.5. The van der Waals surface area contributed by atoms with Crippen LogP contribution in [0.3, 0.4) is 0 Å². The van der Waals surface area contributed by atoms with Crippen LogP contribution < -0.4 is 9.47 Å². The third-order valence-corrected chi connectivity index (χ3v) is 2.83. The number of aromatic carboxylic acids is 1. The molecule has 1 aromatic rings. The van der Waals surface area contributed by atoms with Gasteiger partial charge in [-0.05, 0) is 18.6 Å². The second-order valence-electron chi connectivity index (χ2n) is 4.50. The Balaban J connectivity index is 2.74. The molecule has 1 N–H and O–H groups in total. The number of carboxylic acids is 1. The van der Waals surface area contributed by atoms with Gasteiger partial charge in [0.1, 0.15) is 17.1 Å². The summed E-state index contributed by atoms with van der Waals surface area (Å²) in [6.45, 7) is 5.95. The number of hydrogen-bond acceptors (Lipinski definition) is 4. The second-order valence-corrected chi connectivity index (χ2v) is 4.50. The van der Waals surface area contributed by atoms with Crippen LogP contribution in [-0.4, -0.2) is 23.7 Å². The van der Waals surface area contributed by atoms with Gasteiger partial charge < -0.3 is 14.6 Å². The zero-order chi connectivity index (χ0) is 15.7. The van der Waals surface area contributed by atoms with Gasteiger partial charge in [-0.25, -0.2) is 9.59 Å². The van der Waals surface area contributed by atoms with E-state index in [9.17, 15) is 9.59 Å². The summed E-state index contributed by atoms with van der Waals surface area (Å²) in [6.07, 6.45) is 5.29. The van der Waals surface area contributed by atoms with Crippen LogP contribution in [0, 0.1) is 0 Å². The third kappa shape index (κ3) is 5.69. The van der Waals surface area contributed by atoms with E-state index in [0.29, 0.717) is 12.4 Å². The van der Waals surface area contributed by atoms with Crippen molar-refractivity contribution in [1.29, 1.82) is 0 Å². The summed E-state index contributed by atoms with van der Waals surface area (Å²) >= 11 is 0. The third-order valence-electron chi connectivity index (χ3n) is 2.83. The van der Waals surface area contributed by atoms with Gasteiger partial charge in [-0.1, -0.05) is 32.8 Å². The molecule has 0 atom stereocenters. The van der Waals surface area contributed by atoms with Crippen LogP contribution in [0.2, 0.25) is 0 Å². The summed E-state index contributed by atoms with van der Waals surface area (Å²) in [5, 5.41) is 9.06. The van der Waals surface area contributed by atoms with Crippen LogP contribution in [0.15, 0.2) is 30.9 Å². The number of rotatable bonds is 9. The van der Waals surface area contributed by atoms with Crippen molar-refractivity contribution in [3.63, 3.8) is 0 Å². The molecule has 0 heterocycles. The van der Waals surface area contributed by atoms with E-state index in [1.54, 1.807) is 6.07 Å². The number of carboxylic acid groups (broad SMARTS) is 1. The molecule has 0 amide bonds. The summed E-state index contributed by atoms with van der Waals surface area (Å²) in [5.74, 6) is -1.45. The fourth-order valence-corrected chi connectivity index (χ4v) is 1.72. The Morgan fingerprint density at radius 1 is 1.29 bits per heavy atom. The van der Waals surface area contributed by atoms with Crippen molar-refractivity contribution < 1.29 is 24.2 Å². The predicted molar refractivity (Wildman–Crippen MR) is 78.9 cm³/mol. The highest BCUT2D eigenvalue weighted by Crippen LogP contribution is 2.25. The average molecular weight is 292 g/mol. The van der Waals surface area contributed by atoms with Gasteiger partial charge in [0, 0.05) is 12.1 Å². The zero-order valence-corrected chi connectivity index (χ0v) is 12.1.